The quantitative estimate of drug-likeness (QED) is 0.766. The molecule has 1 rings (SSSR count). The fourth-order valence-electron chi connectivity index (χ4n) is 1.23. The molecule has 2 N–H and O–H groups in total. The van der Waals surface area contributed by atoms with Crippen LogP contribution in [0.1, 0.15) is 13.8 Å². The molecule has 0 spiro atoms. The van der Waals surface area contributed by atoms with Crippen LogP contribution in [0.25, 0.3) is 0 Å². The normalized spacial score (nSPS) is 12.8. The SMILES string of the molecule is CC(C)NCC(O)COc1cc(Cl)c(Br)cc1Cl. The van der Waals surface area contributed by atoms with Crippen LogP contribution in [-0.4, -0.2) is 30.4 Å². The molecule has 1 aromatic carbocycles. The van der Waals surface area contributed by atoms with Crippen molar-refractivity contribution in [3.8, 4) is 5.75 Å². The molecule has 0 aromatic heterocycles. The van der Waals surface area contributed by atoms with Gasteiger partial charge in [0.15, 0.2) is 0 Å². The largest absolute Gasteiger partial charge is 0.489 e. The lowest BCUT2D eigenvalue weighted by Gasteiger charge is -2.16. The highest BCUT2D eigenvalue weighted by Crippen LogP contribution is 2.34. The summed E-state index contributed by atoms with van der Waals surface area (Å²) in [5.74, 6) is 0.466. The minimum absolute atomic E-state index is 0.164. The Morgan fingerprint density at radius 1 is 1.33 bits per heavy atom. The van der Waals surface area contributed by atoms with Gasteiger partial charge in [-0.1, -0.05) is 37.0 Å². The van der Waals surface area contributed by atoms with Crippen molar-refractivity contribution >= 4 is 39.1 Å². The van der Waals surface area contributed by atoms with E-state index < -0.39 is 6.10 Å². The molecule has 0 saturated carbocycles. The highest BCUT2D eigenvalue weighted by atomic mass is 79.9. The van der Waals surface area contributed by atoms with Crippen molar-refractivity contribution in [2.75, 3.05) is 13.2 Å². The topological polar surface area (TPSA) is 41.5 Å². The highest BCUT2D eigenvalue weighted by molar-refractivity contribution is 9.10. The first-order valence-electron chi connectivity index (χ1n) is 5.59. The van der Waals surface area contributed by atoms with E-state index in [4.69, 9.17) is 27.9 Å². The molecule has 1 atom stereocenters. The Morgan fingerprint density at radius 2 is 2.00 bits per heavy atom. The number of hydrogen-bond acceptors (Lipinski definition) is 3. The van der Waals surface area contributed by atoms with Crippen LogP contribution in [0.3, 0.4) is 0 Å². The molecule has 6 heteroatoms. The van der Waals surface area contributed by atoms with Gasteiger partial charge in [-0.15, -0.1) is 0 Å². The summed E-state index contributed by atoms with van der Waals surface area (Å²) in [5, 5.41) is 13.8. The fourth-order valence-corrected chi connectivity index (χ4v) is 2.08. The monoisotopic (exact) mass is 355 g/mol. The summed E-state index contributed by atoms with van der Waals surface area (Å²) in [5.41, 5.74) is 0. The van der Waals surface area contributed by atoms with E-state index in [0.29, 0.717) is 32.9 Å². The van der Waals surface area contributed by atoms with Crippen molar-refractivity contribution in [3.63, 3.8) is 0 Å². The Labute approximate surface area is 126 Å². The molecule has 0 aliphatic heterocycles. The van der Waals surface area contributed by atoms with Crippen LogP contribution >= 0.6 is 39.1 Å². The Balaban J connectivity index is 2.50. The minimum atomic E-state index is -0.592. The molecule has 18 heavy (non-hydrogen) atoms. The molecule has 0 saturated heterocycles. The van der Waals surface area contributed by atoms with Gasteiger partial charge in [-0.05, 0) is 22.0 Å². The second-order valence-corrected chi connectivity index (χ2v) is 5.89. The molecule has 102 valence electrons. The third-order valence-electron chi connectivity index (χ3n) is 2.17. The van der Waals surface area contributed by atoms with Gasteiger partial charge in [-0.3, -0.25) is 0 Å². The van der Waals surface area contributed by atoms with Crippen LogP contribution in [0, 0.1) is 0 Å². The zero-order valence-corrected chi connectivity index (χ0v) is 13.3. The molecule has 1 aromatic rings. The van der Waals surface area contributed by atoms with Crippen molar-refractivity contribution in [2.24, 2.45) is 0 Å². The van der Waals surface area contributed by atoms with E-state index in [-0.39, 0.29) is 6.61 Å². The smallest absolute Gasteiger partial charge is 0.139 e. The lowest BCUT2D eigenvalue weighted by molar-refractivity contribution is 0.105. The van der Waals surface area contributed by atoms with E-state index in [0.717, 1.165) is 0 Å². The van der Waals surface area contributed by atoms with Crippen LogP contribution in [-0.2, 0) is 0 Å². The van der Waals surface area contributed by atoms with Crippen molar-refractivity contribution < 1.29 is 9.84 Å². The molecule has 0 amide bonds. The van der Waals surface area contributed by atoms with Gasteiger partial charge in [0.1, 0.15) is 18.5 Å². The second kappa shape index (κ2) is 7.56. The van der Waals surface area contributed by atoms with Crippen LogP contribution in [0.4, 0.5) is 0 Å². The van der Waals surface area contributed by atoms with E-state index in [2.05, 4.69) is 21.2 Å². The first kappa shape index (κ1) is 16.1. The third kappa shape index (κ3) is 5.33. The van der Waals surface area contributed by atoms with Gasteiger partial charge >= 0.3 is 0 Å². The third-order valence-corrected chi connectivity index (χ3v) is 3.66. The van der Waals surface area contributed by atoms with Gasteiger partial charge < -0.3 is 15.2 Å². The van der Waals surface area contributed by atoms with E-state index in [1.807, 2.05) is 13.8 Å². The molecule has 0 bridgehead atoms. The van der Waals surface area contributed by atoms with Gasteiger partial charge in [-0.25, -0.2) is 0 Å². The number of aliphatic hydroxyl groups excluding tert-OH is 1. The molecule has 3 nitrogen and oxygen atoms in total. The van der Waals surface area contributed by atoms with E-state index >= 15 is 0 Å². The average molecular weight is 357 g/mol. The molecule has 0 heterocycles. The van der Waals surface area contributed by atoms with E-state index in [9.17, 15) is 5.11 Å². The highest BCUT2D eigenvalue weighted by Gasteiger charge is 2.10. The predicted octanol–water partition coefficient (Wildman–Crippen LogP) is 3.49. The Hall–Kier alpha value is -0.0000000000000000555. The van der Waals surface area contributed by atoms with Crippen LogP contribution < -0.4 is 10.1 Å². The Morgan fingerprint density at radius 3 is 2.61 bits per heavy atom. The molecule has 0 radical (unpaired) electrons. The lowest BCUT2D eigenvalue weighted by Crippen LogP contribution is -2.35. The minimum Gasteiger partial charge on any atom is -0.489 e. The maximum atomic E-state index is 9.70. The number of hydrogen-bond donors (Lipinski definition) is 2. The van der Waals surface area contributed by atoms with Gasteiger partial charge in [0.25, 0.3) is 0 Å². The molecule has 1 unspecified atom stereocenters. The number of nitrogens with one attached hydrogen (secondary N) is 1. The Kier molecular flexibility index (Phi) is 6.74. The van der Waals surface area contributed by atoms with E-state index in [1.165, 1.54) is 0 Å². The van der Waals surface area contributed by atoms with E-state index in [1.54, 1.807) is 12.1 Å². The van der Waals surface area contributed by atoms with Crippen molar-refractivity contribution in [3.05, 3.63) is 26.7 Å². The summed E-state index contributed by atoms with van der Waals surface area (Å²) in [6.45, 7) is 4.66. The average Bonchev–Trinajstić information content (AvgIpc) is 2.29. The second-order valence-electron chi connectivity index (χ2n) is 4.22. The zero-order chi connectivity index (χ0) is 13.7. The summed E-state index contributed by atoms with van der Waals surface area (Å²) in [6.07, 6.45) is -0.592. The van der Waals surface area contributed by atoms with Crippen LogP contribution in [0.5, 0.6) is 5.75 Å². The lowest BCUT2D eigenvalue weighted by atomic mass is 10.3. The number of rotatable bonds is 6. The molecule has 0 aliphatic rings. The fraction of sp³-hybridized carbons (Fsp3) is 0.500. The van der Waals surface area contributed by atoms with Gasteiger partial charge in [0.05, 0.1) is 10.0 Å². The first-order valence-corrected chi connectivity index (χ1v) is 7.13. The summed E-state index contributed by atoms with van der Waals surface area (Å²) in [4.78, 5) is 0. The predicted molar refractivity (Wildman–Crippen MR) is 78.8 cm³/mol. The maximum Gasteiger partial charge on any atom is 0.139 e. The maximum absolute atomic E-state index is 9.70. The van der Waals surface area contributed by atoms with Crippen molar-refractivity contribution in [2.45, 2.75) is 26.0 Å². The molecule has 0 fully saturated rings. The Bertz CT molecular complexity index is 402. The number of benzene rings is 1. The van der Waals surface area contributed by atoms with Crippen molar-refractivity contribution in [1.82, 2.24) is 5.32 Å². The molecular formula is C12H16BrCl2NO2. The summed E-state index contributed by atoms with van der Waals surface area (Å²) in [7, 11) is 0. The zero-order valence-electron chi connectivity index (χ0n) is 10.2. The molecule has 0 aliphatic carbocycles. The van der Waals surface area contributed by atoms with Gasteiger partial charge in [-0.2, -0.15) is 0 Å². The molecular weight excluding hydrogens is 341 g/mol. The standard InChI is InChI=1S/C12H16BrCl2NO2/c1-7(2)16-5-8(17)6-18-12-4-10(14)9(13)3-11(12)15/h3-4,7-8,16-17H,5-6H2,1-2H3. The summed E-state index contributed by atoms with van der Waals surface area (Å²) >= 11 is 15.2. The summed E-state index contributed by atoms with van der Waals surface area (Å²) < 4.78 is 6.15. The van der Waals surface area contributed by atoms with Crippen LogP contribution in [0.15, 0.2) is 16.6 Å². The number of aliphatic hydroxyl groups is 1. The van der Waals surface area contributed by atoms with Crippen molar-refractivity contribution in [1.29, 1.82) is 0 Å². The number of halogens is 3. The van der Waals surface area contributed by atoms with Crippen LogP contribution in [0.2, 0.25) is 10.0 Å². The first-order chi connectivity index (χ1) is 8.40. The van der Waals surface area contributed by atoms with Gasteiger partial charge in [0.2, 0.25) is 0 Å². The number of ether oxygens (including phenoxy) is 1. The van der Waals surface area contributed by atoms with Gasteiger partial charge in [0, 0.05) is 23.1 Å². The summed E-state index contributed by atoms with van der Waals surface area (Å²) in [6, 6.07) is 3.61.